The topological polar surface area (TPSA) is 62.2 Å². The van der Waals surface area contributed by atoms with E-state index in [1.54, 1.807) is 13.1 Å². The van der Waals surface area contributed by atoms with E-state index in [-0.39, 0.29) is 5.76 Å². The van der Waals surface area contributed by atoms with Gasteiger partial charge in [-0.25, -0.2) is 4.79 Å². The van der Waals surface area contributed by atoms with Crippen LogP contribution in [0, 0.1) is 11.3 Å². The molecular formula is C13H15N3O2. The van der Waals surface area contributed by atoms with Crippen LogP contribution in [0.4, 0.5) is 5.69 Å². The smallest absolute Gasteiger partial charge is 0.408 e. The summed E-state index contributed by atoms with van der Waals surface area (Å²) in [6, 6.07) is 7.67. The summed E-state index contributed by atoms with van der Waals surface area (Å²) in [5.41, 5.74) is 1.52. The molecule has 1 aromatic heterocycles. The predicted molar refractivity (Wildman–Crippen MR) is 69.6 cm³/mol. The summed E-state index contributed by atoms with van der Waals surface area (Å²) >= 11 is 0. The van der Waals surface area contributed by atoms with E-state index in [0.29, 0.717) is 5.58 Å². The Morgan fingerprint density at radius 2 is 2.11 bits per heavy atom. The number of hydrogen-bond donors (Lipinski definition) is 0. The summed E-state index contributed by atoms with van der Waals surface area (Å²) in [4.78, 5) is 13.3. The van der Waals surface area contributed by atoms with Crippen LogP contribution in [-0.4, -0.2) is 17.2 Å². The molecule has 0 spiro atoms. The molecule has 0 amide bonds. The molecule has 94 valence electrons. The van der Waals surface area contributed by atoms with Gasteiger partial charge in [0.2, 0.25) is 0 Å². The van der Waals surface area contributed by atoms with E-state index in [4.69, 9.17) is 9.68 Å². The van der Waals surface area contributed by atoms with Gasteiger partial charge in [0.15, 0.2) is 5.58 Å². The van der Waals surface area contributed by atoms with E-state index >= 15 is 0 Å². The molecule has 1 heterocycles. The first kappa shape index (κ1) is 12.2. The highest BCUT2D eigenvalue weighted by atomic mass is 16.4. The fourth-order valence-corrected chi connectivity index (χ4v) is 1.72. The van der Waals surface area contributed by atoms with Crippen molar-refractivity contribution in [1.82, 2.24) is 4.57 Å². The van der Waals surface area contributed by atoms with E-state index in [9.17, 15) is 4.79 Å². The third-order valence-corrected chi connectivity index (χ3v) is 3.27. The van der Waals surface area contributed by atoms with Crippen molar-refractivity contribution in [2.75, 3.05) is 11.9 Å². The lowest BCUT2D eigenvalue weighted by Gasteiger charge is -2.31. The fourth-order valence-electron chi connectivity index (χ4n) is 1.72. The summed E-state index contributed by atoms with van der Waals surface area (Å²) in [6.45, 7) is 3.68. The lowest BCUT2D eigenvalue weighted by atomic mass is 10.1. The van der Waals surface area contributed by atoms with Crippen LogP contribution in [0.1, 0.15) is 13.8 Å². The van der Waals surface area contributed by atoms with Crippen molar-refractivity contribution in [2.45, 2.75) is 19.4 Å². The van der Waals surface area contributed by atoms with Crippen molar-refractivity contribution >= 4 is 16.8 Å². The molecule has 0 aliphatic heterocycles. The second-order valence-electron chi connectivity index (χ2n) is 4.81. The van der Waals surface area contributed by atoms with Crippen molar-refractivity contribution in [2.24, 2.45) is 7.05 Å². The van der Waals surface area contributed by atoms with Crippen LogP contribution in [0.25, 0.3) is 11.1 Å². The Labute approximate surface area is 105 Å². The minimum Gasteiger partial charge on any atom is -0.408 e. The molecule has 0 saturated heterocycles. The van der Waals surface area contributed by atoms with Gasteiger partial charge >= 0.3 is 5.76 Å². The Kier molecular flexibility index (Phi) is 2.66. The lowest BCUT2D eigenvalue weighted by molar-refractivity contribution is 0.528. The normalized spacial score (nSPS) is 11.5. The van der Waals surface area contributed by atoms with Crippen molar-refractivity contribution < 1.29 is 4.42 Å². The molecule has 0 radical (unpaired) electrons. The Balaban J connectivity index is 2.58. The summed E-state index contributed by atoms with van der Waals surface area (Å²) in [5.74, 6) is -0.385. The number of oxazole rings is 1. The zero-order valence-electron chi connectivity index (χ0n) is 10.9. The van der Waals surface area contributed by atoms with Gasteiger partial charge in [0.1, 0.15) is 5.54 Å². The van der Waals surface area contributed by atoms with Gasteiger partial charge in [-0.05, 0) is 32.0 Å². The van der Waals surface area contributed by atoms with Gasteiger partial charge in [0.05, 0.1) is 11.6 Å². The number of fused-ring (bicyclic) bond motifs is 1. The van der Waals surface area contributed by atoms with E-state index in [0.717, 1.165) is 11.2 Å². The molecule has 0 N–H and O–H groups in total. The van der Waals surface area contributed by atoms with Crippen LogP contribution < -0.4 is 10.7 Å². The number of nitriles is 1. The second-order valence-corrected chi connectivity index (χ2v) is 4.81. The second kappa shape index (κ2) is 3.91. The van der Waals surface area contributed by atoms with Gasteiger partial charge in [-0.1, -0.05) is 0 Å². The zero-order valence-corrected chi connectivity index (χ0v) is 10.9. The number of anilines is 1. The van der Waals surface area contributed by atoms with E-state index < -0.39 is 5.54 Å². The number of hydrogen-bond acceptors (Lipinski definition) is 4. The largest absolute Gasteiger partial charge is 0.419 e. The van der Waals surface area contributed by atoms with Gasteiger partial charge in [0.25, 0.3) is 0 Å². The average molecular weight is 245 g/mol. The maximum Gasteiger partial charge on any atom is 0.419 e. The molecule has 0 unspecified atom stereocenters. The quantitative estimate of drug-likeness (QED) is 0.810. The van der Waals surface area contributed by atoms with Crippen LogP contribution >= 0.6 is 0 Å². The molecule has 1 aromatic carbocycles. The number of aryl methyl sites for hydroxylation is 1. The van der Waals surface area contributed by atoms with E-state index in [2.05, 4.69) is 6.07 Å². The minimum absolute atomic E-state index is 0.385. The average Bonchev–Trinajstić information content (AvgIpc) is 2.64. The third kappa shape index (κ3) is 1.76. The molecule has 0 aliphatic carbocycles. The summed E-state index contributed by atoms with van der Waals surface area (Å²) in [5, 5.41) is 9.13. The predicted octanol–water partition coefficient (Wildman–Crippen LogP) is 1.87. The molecule has 0 aliphatic rings. The number of benzene rings is 1. The Bertz CT molecular complexity index is 688. The molecule has 2 rings (SSSR count). The third-order valence-electron chi connectivity index (χ3n) is 3.27. The maximum atomic E-state index is 11.4. The molecule has 0 fully saturated rings. The Morgan fingerprint density at radius 1 is 1.44 bits per heavy atom. The molecule has 0 bridgehead atoms. The van der Waals surface area contributed by atoms with Gasteiger partial charge in [-0.3, -0.25) is 4.57 Å². The lowest BCUT2D eigenvalue weighted by Crippen LogP contribution is -2.39. The summed E-state index contributed by atoms with van der Waals surface area (Å²) in [7, 11) is 3.51. The fraction of sp³-hybridized carbons (Fsp3) is 0.385. The van der Waals surface area contributed by atoms with E-state index in [1.165, 1.54) is 4.57 Å². The van der Waals surface area contributed by atoms with Gasteiger partial charge in [-0.2, -0.15) is 5.26 Å². The maximum absolute atomic E-state index is 11.4. The van der Waals surface area contributed by atoms with Crippen LogP contribution in [-0.2, 0) is 7.05 Å². The first-order chi connectivity index (χ1) is 8.36. The molecule has 5 heteroatoms. The van der Waals surface area contributed by atoms with E-state index in [1.807, 2.05) is 37.9 Å². The van der Waals surface area contributed by atoms with Crippen molar-refractivity contribution in [3.05, 3.63) is 28.7 Å². The number of rotatable bonds is 2. The minimum atomic E-state index is -0.615. The van der Waals surface area contributed by atoms with Crippen LogP contribution in [0.5, 0.6) is 0 Å². The number of aromatic nitrogens is 1. The molecule has 18 heavy (non-hydrogen) atoms. The highest BCUT2D eigenvalue weighted by Crippen LogP contribution is 2.25. The van der Waals surface area contributed by atoms with Gasteiger partial charge in [0, 0.05) is 19.8 Å². The summed E-state index contributed by atoms with van der Waals surface area (Å²) < 4.78 is 6.52. The zero-order chi connectivity index (χ0) is 13.5. The number of nitrogens with zero attached hydrogens (tertiary/aromatic N) is 3. The molecule has 0 atom stereocenters. The molecule has 0 saturated carbocycles. The summed E-state index contributed by atoms with van der Waals surface area (Å²) in [6.07, 6.45) is 0. The molecular weight excluding hydrogens is 230 g/mol. The monoisotopic (exact) mass is 245 g/mol. The van der Waals surface area contributed by atoms with Gasteiger partial charge < -0.3 is 9.32 Å². The first-order valence-corrected chi connectivity index (χ1v) is 5.61. The molecule has 2 aromatic rings. The SMILES string of the molecule is CN(c1ccc2oc(=O)n(C)c2c1)C(C)(C)C#N. The Hall–Kier alpha value is -2.22. The van der Waals surface area contributed by atoms with Crippen LogP contribution in [0.3, 0.4) is 0 Å². The standard InChI is InChI=1S/C13H15N3O2/c1-13(2,8-14)16(4)9-5-6-11-10(7-9)15(3)12(17)18-11/h5-7H,1-4H3. The highest BCUT2D eigenvalue weighted by Gasteiger charge is 2.23. The highest BCUT2D eigenvalue weighted by molar-refractivity contribution is 5.78. The Morgan fingerprint density at radius 3 is 2.72 bits per heavy atom. The van der Waals surface area contributed by atoms with Crippen LogP contribution in [0.2, 0.25) is 0 Å². The van der Waals surface area contributed by atoms with Crippen molar-refractivity contribution in [1.29, 1.82) is 5.26 Å². The van der Waals surface area contributed by atoms with Crippen LogP contribution in [0.15, 0.2) is 27.4 Å². The van der Waals surface area contributed by atoms with Crippen molar-refractivity contribution in [3.63, 3.8) is 0 Å². The van der Waals surface area contributed by atoms with Crippen molar-refractivity contribution in [3.8, 4) is 6.07 Å². The molecule has 5 nitrogen and oxygen atoms in total. The first-order valence-electron chi connectivity index (χ1n) is 5.61. The van der Waals surface area contributed by atoms with Gasteiger partial charge in [-0.15, -0.1) is 0 Å².